The number of carbonyl (C=O) groups excluding carboxylic acids is 1. The molecule has 0 aliphatic carbocycles. The number of carbonyl (C=O) groups is 1. The van der Waals surface area contributed by atoms with E-state index in [9.17, 15) is 14.9 Å². The van der Waals surface area contributed by atoms with Gasteiger partial charge >= 0.3 is 0 Å². The SMILES string of the molecule is Cc1cc([N+](=O)[O-])c(C)cc1NC(=O)c1ccccc1. The van der Waals surface area contributed by atoms with Gasteiger partial charge in [0.05, 0.1) is 4.92 Å². The third-order valence-corrected chi connectivity index (χ3v) is 3.02. The molecule has 2 aromatic rings. The fraction of sp³-hybridized carbons (Fsp3) is 0.133. The first-order chi connectivity index (χ1) is 9.49. The van der Waals surface area contributed by atoms with E-state index in [2.05, 4.69) is 5.32 Å². The Morgan fingerprint density at radius 1 is 1.10 bits per heavy atom. The molecule has 2 rings (SSSR count). The quantitative estimate of drug-likeness (QED) is 0.685. The Kier molecular flexibility index (Phi) is 3.79. The molecule has 0 saturated heterocycles. The Balaban J connectivity index is 2.29. The van der Waals surface area contributed by atoms with E-state index in [0.717, 1.165) is 0 Å². The second kappa shape index (κ2) is 5.52. The topological polar surface area (TPSA) is 72.2 Å². The molecule has 102 valence electrons. The van der Waals surface area contributed by atoms with Crippen LogP contribution in [0.2, 0.25) is 0 Å². The Bertz CT molecular complexity index is 666. The van der Waals surface area contributed by atoms with E-state index < -0.39 is 4.92 Å². The number of nitrogens with zero attached hydrogens (tertiary/aromatic N) is 1. The molecule has 1 N–H and O–H groups in total. The Morgan fingerprint density at radius 3 is 2.35 bits per heavy atom. The van der Waals surface area contributed by atoms with Crippen molar-refractivity contribution in [1.82, 2.24) is 0 Å². The van der Waals surface area contributed by atoms with E-state index >= 15 is 0 Å². The summed E-state index contributed by atoms with van der Waals surface area (Å²) in [6.07, 6.45) is 0. The van der Waals surface area contributed by atoms with Crippen molar-refractivity contribution in [1.29, 1.82) is 0 Å². The number of rotatable bonds is 3. The van der Waals surface area contributed by atoms with Crippen LogP contribution in [0.1, 0.15) is 21.5 Å². The molecule has 0 aromatic heterocycles. The van der Waals surface area contributed by atoms with E-state index in [1.54, 1.807) is 44.2 Å². The maximum absolute atomic E-state index is 12.1. The molecular weight excluding hydrogens is 256 g/mol. The Morgan fingerprint density at radius 2 is 1.75 bits per heavy atom. The Labute approximate surface area is 116 Å². The summed E-state index contributed by atoms with van der Waals surface area (Å²) in [5, 5.41) is 13.6. The van der Waals surface area contributed by atoms with Crippen LogP contribution in [0.15, 0.2) is 42.5 Å². The molecule has 0 radical (unpaired) electrons. The molecule has 0 heterocycles. The van der Waals surface area contributed by atoms with Crippen molar-refractivity contribution in [3.63, 3.8) is 0 Å². The molecule has 5 heteroatoms. The van der Waals surface area contributed by atoms with Gasteiger partial charge in [0.25, 0.3) is 11.6 Å². The van der Waals surface area contributed by atoms with Gasteiger partial charge in [-0.3, -0.25) is 14.9 Å². The van der Waals surface area contributed by atoms with Crippen LogP contribution >= 0.6 is 0 Å². The average molecular weight is 270 g/mol. The fourth-order valence-electron chi connectivity index (χ4n) is 1.92. The molecule has 0 fully saturated rings. The van der Waals surface area contributed by atoms with Gasteiger partial charge in [0, 0.05) is 22.9 Å². The molecule has 0 unspecified atom stereocenters. The van der Waals surface area contributed by atoms with Gasteiger partial charge in [-0.15, -0.1) is 0 Å². The van der Waals surface area contributed by atoms with Gasteiger partial charge in [0.15, 0.2) is 0 Å². The predicted octanol–water partition coefficient (Wildman–Crippen LogP) is 3.46. The molecule has 0 bridgehead atoms. The first-order valence-electron chi connectivity index (χ1n) is 6.11. The maximum atomic E-state index is 12.1. The van der Waals surface area contributed by atoms with E-state index in [0.29, 0.717) is 22.4 Å². The maximum Gasteiger partial charge on any atom is 0.272 e. The van der Waals surface area contributed by atoms with Crippen molar-refractivity contribution in [2.24, 2.45) is 0 Å². The third-order valence-electron chi connectivity index (χ3n) is 3.02. The highest BCUT2D eigenvalue weighted by Crippen LogP contribution is 2.26. The minimum Gasteiger partial charge on any atom is -0.322 e. The van der Waals surface area contributed by atoms with Gasteiger partial charge in [-0.05, 0) is 37.6 Å². The number of benzene rings is 2. The van der Waals surface area contributed by atoms with Gasteiger partial charge in [0.1, 0.15) is 0 Å². The number of nitrogens with one attached hydrogen (secondary N) is 1. The summed E-state index contributed by atoms with van der Waals surface area (Å²) in [5.74, 6) is -0.234. The average Bonchev–Trinajstić information content (AvgIpc) is 2.43. The molecule has 5 nitrogen and oxygen atoms in total. The van der Waals surface area contributed by atoms with Crippen LogP contribution in [0.25, 0.3) is 0 Å². The zero-order valence-electron chi connectivity index (χ0n) is 11.2. The molecule has 20 heavy (non-hydrogen) atoms. The predicted molar refractivity (Wildman–Crippen MR) is 77.0 cm³/mol. The lowest BCUT2D eigenvalue weighted by molar-refractivity contribution is -0.385. The van der Waals surface area contributed by atoms with Crippen LogP contribution in [-0.4, -0.2) is 10.8 Å². The monoisotopic (exact) mass is 270 g/mol. The zero-order chi connectivity index (χ0) is 14.7. The van der Waals surface area contributed by atoms with E-state index in [1.807, 2.05) is 6.07 Å². The van der Waals surface area contributed by atoms with Crippen molar-refractivity contribution in [3.05, 3.63) is 69.3 Å². The molecule has 0 atom stereocenters. The van der Waals surface area contributed by atoms with Crippen LogP contribution < -0.4 is 5.32 Å². The second-order valence-electron chi connectivity index (χ2n) is 4.53. The molecule has 2 aromatic carbocycles. The van der Waals surface area contributed by atoms with E-state index in [-0.39, 0.29) is 11.6 Å². The lowest BCUT2D eigenvalue weighted by Crippen LogP contribution is -2.13. The van der Waals surface area contributed by atoms with Crippen LogP contribution in [-0.2, 0) is 0 Å². The second-order valence-corrected chi connectivity index (χ2v) is 4.53. The van der Waals surface area contributed by atoms with Gasteiger partial charge in [-0.2, -0.15) is 0 Å². The van der Waals surface area contributed by atoms with Crippen LogP contribution in [0.3, 0.4) is 0 Å². The number of anilines is 1. The number of aryl methyl sites for hydroxylation is 2. The lowest BCUT2D eigenvalue weighted by atomic mass is 10.1. The van der Waals surface area contributed by atoms with Crippen LogP contribution in [0.5, 0.6) is 0 Å². The van der Waals surface area contributed by atoms with E-state index in [1.165, 1.54) is 6.07 Å². The highest BCUT2D eigenvalue weighted by atomic mass is 16.6. The fourth-order valence-corrected chi connectivity index (χ4v) is 1.92. The van der Waals surface area contributed by atoms with Crippen molar-refractivity contribution >= 4 is 17.3 Å². The Hall–Kier alpha value is -2.69. The molecule has 1 amide bonds. The van der Waals surface area contributed by atoms with Crippen LogP contribution in [0, 0.1) is 24.0 Å². The standard InChI is InChI=1S/C15H14N2O3/c1-10-9-14(17(19)20)11(2)8-13(10)16-15(18)12-6-4-3-5-7-12/h3-9H,1-2H3,(H,16,18). The third kappa shape index (κ3) is 2.83. The van der Waals surface area contributed by atoms with Crippen molar-refractivity contribution < 1.29 is 9.72 Å². The highest BCUT2D eigenvalue weighted by molar-refractivity contribution is 6.04. The largest absolute Gasteiger partial charge is 0.322 e. The molecule has 0 aliphatic heterocycles. The number of hydrogen-bond donors (Lipinski definition) is 1. The molecule has 0 aliphatic rings. The van der Waals surface area contributed by atoms with Crippen LogP contribution in [0.4, 0.5) is 11.4 Å². The van der Waals surface area contributed by atoms with Gasteiger partial charge < -0.3 is 5.32 Å². The summed E-state index contributed by atoms with van der Waals surface area (Å²) in [6, 6.07) is 11.9. The first-order valence-corrected chi connectivity index (χ1v) is 6.11. The van der Waals surface area contributed by atoms with Gasteiger partial charge in [-0.1, -0.05) is 18.2 Å². The summed E-state index contributed by atoms with van der Waals surface area (Å²) < 4.78 is 0. The number of nitro benzene ring substituents is 1. The number of amides is 1. The first kappa shape index (κ1) is 13.7. The minimum atomic E-state index is -0.425. The number of hydrogen-bond acceptors (Lipinski definition) is 3. The molecule has 0 saturated carbocycles. The summed E-state index contributed by atoms with van der Waals surface area (Å²) in [7, 11) is 0. The molecule has 0 spiro atoms. The smallest absolute Gasteiger partial charge is 0.272 e. The van der Waals surface area contributed by atoms with Gasteiger partial charge in [0.2, 0.25) is 0 Å². The highest BCUT2D eigenvalue weighted by Gasteiger charge is 2.15. The van der Waals surface area contributed by atoms with Crippen molar-refractivity contribution in [3.8, 4) is 0 Å². The zero-order valence-corrected chi connectivity index (χ0v) is 11.2. The van der Waals surface area contributed by atoms with Gasteiger partial charge in [-0.25, -0.2) is 0 Å². The summed E-state index contributed by atoms with van der Waals surface area (Å²) in [5.41, 5.74) is 2.36. The summed E-state index contributed by atoms with van der Waals surface area (Å²) in [4.78, 5) is 22.5. The summed E-state index contributed by atoms with van der Waals surface area (Å²) in [6.45, 7) is 3.38. The normalized spacial score (nSPS) is 10.1. The van der Waals surface area contributed by atoms with Crippen molar-refractivity contribution in [2.75, 3.05) is 5.32 Å². The van der Waals surface area contributed by atoms with Crippen molar-refractivity contribution in [2.45, 2.75) is 13.8 Å². The lowest BCUT2D eigenvalue weighted by Gasteiger charge is -2.10. The number of nitro groups is 1. The molecular formula is C15H14N2O3. The summed E-state index contributed by atoms with van der Waals surface area (Å²) >= 11 is 0. The minimum absolute atomic E-state index is 0.0558. The van der Waals surface area contributed by atoms with E-state index in [4.69, 9.17) is 0 Å².